The molecule has 4 rings (SSSR count). The van der Waals surface area contributed by atoms with Crippen LogP contribution in [0.25, 0.3) is 5.69 Å². The van der Waals surface area contributed by atoms with Crippen LogP contribution in [-0.2, 0) is 9.53 Å². The third-order valence-electron chi connectivity index (χ3n) is 5.16. The summed E-state index contributed by atoms with van der Waals surface area (Å²) in [6.45, 7) is 3.66. The summed E-state index contributed by atoms with van der Waals surface area (Å²) in [5, 5.41) is 5.17. The molecule has 2 unspecified atom stereocenters. The van der Waals surface area contributed by atoms with E-state index in [1.165, 1.54) is 11.8 Å². The number of nitrogens with zero attached hydrogens (tertiary/aromatic N) is 2. The van der Waals surface area contributed by atoms with Crippen molar-refractivity contribution >= 4 is 35.0 Å². The Hall–Kier alpha value is -2.85. The van der Waals surface area contributed by atoms with Crippen LogP contribution in [0.4, 0.5) is 0 Å². The normalized spacial score (nSPS) is 20.5. The van der Waals surface area contributed by atoms with Gasteiger partial charge in [0.25, 0.3) is 0 Å². The summed E-state index contributed by atoms with van der Waals surface area (Å²) in [7, 11) is 0. The molecule has 0 saturated carbocycles. The molecule has 0 spiro atoms. The number of carbonyl (C=O) groups is 2. The van der Waals surface area contributed by atoms with Crippen molar-refractivity contribution < 1.29 is 14.3 Å². The molecule has 156 valence electrons. The minimum absolute atomic E-state index is 0.108. The number of H-pyrrole nitrogens is 1. The van der Waals surface area contributed by atoms with E-state index in [-0.39, 0.29) is 17.2 Å². The average molecular weight is 445 g/mol. The molecule has 0 saturated heterocycles. The molecule has 0 fully saturated rings. The lowest BCUT2D eigenvalue weighted by Gasteiger charge is -2.37. The summed E-state index contributed by atoms with van der Waals surface area (Å²) >= 11 is 2.40. The van der Waals surface area contributed by atoms with Crippen LogP contribution in [0.15, 0.2) is 46.3 Å². The number of nitrogens with one attached hydrogen (secondary N) is 1. The van der Waals surface area contributed by atoms with Gasteiger partial charge in [-0.15, -0.1) is 11.8 Å². The monoisotopic (exact) mass is 444 g/mol. The first-order valence-corrected chi connectivity index (χ1v) is 11.1. The van der Waals surface area contributed by atoms with Gasteiger partial charge in [0, 0.05) is 28.3 Å². The van der Waals surface area contributed by atoms with Gasteiger partial charge < -0.3 is 15.5 Å². The number of hydrogen-bond acceptors (Lipinski definition) is 7. The first-order chi connectivity index (χ1) is 14.3. The van der Waals surface area contributed by atoms with Gasteiger partial charge in [0.2, 0.25) is 5.91 Å². The first-order valence-electron chi connectivity index (χ1n) is 9.33. The van der Waals surface area contributed by atoms with E-state index >= 15 is 0 Å². The second-order valence-electron chi connectivity index (χ2n) is 7.14. The van der Waals surface area contributed by atoms with Gasteiger partial charge in [-0.25, -0.2) is 9.48 Å². The molecule has 3 N–H and O–H groups in total. The topological polar surface area (TPSA) is 120 Å². The largest absolute Gasteiger partial charge is 0.461 e. The average Bonchev–Trinajstić information content (AvgIpc) is 3.32. The van der Waals surface area contributed by atoms with Crippen molar-refractivity contribution in [1.29, 1.82) is 0 Å². The number of amides is 1. The molecular formula is C20H20N4O4S2. The number of aromatic amines is 1. The molecular weight excluding hydrogens is 424 g/mol. The number of benzene rings is 1. The van der Waals surface area contributed by atoms with Crippen LogP contribution < -0.4 is 10.6 Å². The zero-order valence-electron chi connectivity index (χ0n) is 16.4. The van der Waals surface area contributed by atoms with E-state index in [0.717, 1.165) is 17.0 Å². The molecule has 0 radical (unpaired) electrons. The van der Waals surface area contributed by atoms with Crippen molar-refractivity contribution in [3.05, 3.63) is 62.3 Å². The number of aromatic nitrogens is 3. The highest BCUT2D eigenvalue weighted by atomic mass is 32.2. The number of hydrogen-bond donors (Lipinski definition) is 2. The second kappa shape index (κ2) is 7.77. The van der Waals surface area contributed by atoms with Crippen LogP contribution in [0, 0.1) is 5.41 Å². The number of esters is 1. The number of fused-ring (bicyclic) bond motifs is 1. The number of rotatable bonds is 5. The maximum absolute atomic E-state index is 12.8. The zero-order valence-corrected chi connectivity index (χ0v) is 18.0. The molecule has 1 aliphatic rings. The van der Waals surface area contributed by atoms with Crippen LogP contribution >= 0.6 is 23.1 Å². The minimum Gasteiger partial charge on any atom is -0.461 e. The van der Waals surface area contributed by atoms with Crippen molar-refractivity contribution in [3.8, 4) is 5.69 Å². The molecule has 10 heteroatoms. The van der Waals surface area contributed by atoms with Gasteiger partial charge in [0.05, 0.1) is 22.7 Å². The van der Waals surface area contributed by atoms with Crippen molar-refractivity contribution in [2.45, 2.75) is 24.8 Å². The van der Waals surface area contributed by atoms with Crippen molar-refractivity contribution in [2.75, 3.05) is 12.4 Å². The van der Waals surface area contributed by atoms with Gasteiger partial charge in [0.1, 0.15) is 0 Å². The molecule has 1 aromatic carbocycles. The summed E-state index contributed by atoms with van der Waals surface area (Å²) in [4.78, 5) is 40.7. The van der Waals surface area contributed by atoms with Crippen LogP contribution in [0.1, 0.15) is 40.7 Å². The Bertz CT molecular complexity index is 1170. The summed E-state index contributed by atoms with van der Waals surface area (Å²) in [5.74, 6) is -1.33. The molecule has 30 heavy (non-hydrogen) atoms. The SMILES string of the molecule is CCOC(=O)c1nn(-c2ccccc2)cc1C1c2sc(=O)[nH]c2SCC1(C)C(N)=O. The Morgan fingerprint density at radius 2 is 2.10 bits per heavy atom. The number of para-hydroxylation sites is 1. The van der Waals surface area contributed by atoms with E-state index in [1.54, 1.807) is 24.7 Å². The predicted octanol–water partition coefficient (Wildman–Crippen LogP) is 2.53. The Morgan fingerprint density at radius 1 is 1.37 bits per heavy atom. The van der Waals surface area contributed by atoms with E-state index in [2.05, 4.69) is 10.1 Å². The lowest BCUT2D eigenvalue weighted by atomic mass is 9.73. The molecule has 0 bridgehead atoms. The van der Waals surface area contributed by atoms with Gasteiger partial charge in [0.15, 0.2) is 5.69 Å². The third kappa shape index (κ3) is 3.35. The summed E-state index contributed by atoms with van der Waals surface area (Å²) in [6.07, 6.45) is 1.72. The first kappa shape index (κ1) is 20.4. The number of ether oxygens (including phenoxy) is 1. The van der Waals surface area contributed by atoms with Gasteiger partial charge in [-0.2, -0.15) is 5.10 Å². The van der Waals surface area contributed by atoms with Gasteiger partial charge in [-0.3, -0.25) is 9.59 Å². The van der Waals surface area contributed by atoms with Gasteiger partial charge in [-0.05, 0) is 26.0 Å². The van der Waals surface area contributed by atoms with Crippen LogP contribution in [-0.4, -0.2) is 39.0 Å². The Morgan fingerprint density at radius 3 is 2.77 bits per heavy atom. The Balaban J connectivity index is 1.96. The molecule has 0 aliphatic carbocycles. The van der Waals surface area contributed by atoms with E-state index in [0.29, 0.717) is 21.2 Å². The summed E-state index contributed by atoms with van der Waals surface area (Å²) < 4.78 is 6.81. The van der Waals surface area contributed by atoms with E-state index < -0.39 is 23.2 Å². The van der Waals surface area contributed by atoms with Crippen molar-refractivity contribution in [2.24, 2.45) is 11.1 Å². The standard InChI is InChI=1S/C20H20N4O4S2/c1-3-28-17(25)14-12(9-24(23-14)11-7-5-4-6-8-11)13-15-16(22-19(27)30-15)29-10-20(13,2)18(21)26/h4-9,13H,3,10H2,1-2H3,(H2,21,26)(H,22,27). The number of carbonyl (C=O) groups excluding carboxylic acids is 2. The van der Waals surface area contributed by atoms with E-state index in [9.17, 15) is 14.4 Å². The summed E-state index contributed by atoms with van der Waals surface area (Å²) in [5.41, 5.74) is 6.17. The molecule has 3 aromatic rings. The quantitative estimate of drug-likeness (QED) is 0.584. The van der Waals surface area contributed by atoms with Crippen LogP contribution in [0.3, 0.4) is 0 Å². The van der Waals surface area contributed by atoms with Crippen LogP contribution in [0.5, 0.6) is 0 Å². The maximum atomic E-state index is 12.8. The van der Waals surface area contributed by atoms with Gasteiger partial charge in [-0.1, -0.05) is 29.5 Å². The Labute approximate surface area is 180 Å². The lowest BCUT2D eigenvalue weighted by molar-refractivity contribution is -0.126. The zero-order chi connectivity index (χ0) is 21.5. The molecule has 1 aliphatic heterocycles. The fraction of sp³-hybridized carbons (Fsp3) is 0.300. The second-order valence-corrected chi connectivity index (χ2v) is 9.15. The molecule has 3 heterocycles. The van der Waals surface area contributed by atoms with Crippen LogP contribution in [0.2, 0.25) is 0 Å². The van der Waals surface area contributed by atoms with Crippen molar-refractivity contribution in [3.63, 3.8) is 0 Å². The molecule has 1 amide bonds. The van der Waals surface area contributed by atoms with Crippen molar-refractivity contribution in [1.82, 2.24) is 14.8 Å². The number of primary amides is 1. The minimum atomic E-state index is -1.02. The number of thioether (sulfide) groups is 1. The highest BCUT2D eigenvalue weighted by Gasteiger charge is 2.49. The van der Waals surface area contributed by atoms with Gasteiger partial charge >= 0.3 is 10.8 Å². The summed E-state index contributed by atoms with van der Waals surface area (Å²) in [6, 6.07) is 9.32. The van der Waals surface area contributed by atoms with E-state index in [1.807, 2.05) is 30.3 Å². The molecule has 8 nitrogen and oxygen atoms in total. The maximum Gasteiger partial charge on any atom is 0.359 e. The molecule has 2 atom stereocenters. The number of nitrogens with two attached hydrogens (primary N) is 1. The van der Waals surface area contributed by atoms with E-state index in [4.69, 9.17) is 10.5 Å². The number of thiazole rings is 1. The Kier molecular flexibility index (Phi) is 5.29. The molecule has 2 aromatic heterocycles. The fourth-order valence-electron chi connectivity index (χ4n) is 3.59. The predicted molar refractivity (Wildman–Crippen MR) is 114 cm³/mol. The lowest BCUT2D eigenvalue weighted by Crippen LogP contribution is -2.44. The highest BCUT2D eigenvalue weighted by Crippen LogP contribution is 2.52. The highest BCUT2D eigenvalue weighted by molar-refractivity contribution is 7.99. The fourth-order valence-corrected chi connectivity index (χ4v) is 6.13. The third-order valence-corrected chi connectivity index (χ3v) is 7.59. The smallest absolute Gasteiger partial charge is 0.359 e.